The van der Waals surface area contributed by atoms with Crippen LogP contribution < -0.4 is 0 Å². The molecule has 0 radical (unpaired) electrons. The van der Waals surface area contributed by atoms with E-state index in [1.807, 2.05) is 0 Å². The first-order valence-corrected chi connectivity index (χ1v) is 3.20. The molecule has 0 nitrogen and oxygen atoms in total. The smallest absolute Gasteiger partial charge is 0.101 e. The van der Waals surface area contributed by atoms with Crippen LogP contribution in [0.2, 0.25) is 0 Å². The lowest BCUT2D eigenvalue weighted by molar-refractivity contribution is 1.58. The van der Waals surface area contributed by atoms with E-state index in [2.05, 4.69) is 6.58 Å². The van der Waals surface area contributed by atoms with Crippen LogP contribution in [0.3, 0.4) is 0 Å². The van der Waals surface area contributed by atoms with E-state index in [9.17, 15) is 0 Å². The van der Waals surface area contributed by atoms with Gasteiger partial charge in [-0.3, -0.25) is 0 Å². The topological polar surface area (TPSA) is 0 Å². The van der Waals surface area contributed by atoms with Crippen molar-refractivity contribution in [3.05, 3.63) is 23.8 Å². The molecule has 0 N–H and O–H groups in total. The summed E-state index contributed by atoms with van der Waals surface area (Å²) in [7, 11) is 0. The van der Waals surface area contributed by atoms with Crippen molar-refractivity contribution in [2.45, 2.75) is 4.84 Å². The van der Waals surface area contributed by atoms with E-state index in [-0.39, 0.29) is 0 Å². The summed E-state index contributed by atoms with van der Waals surface area (Å²) in [5.74, 6) is 0. The maximum absolute atomic E-state index is 5.43. The number of alkyl halides is 2. The van der Waals surface area contributed by atoms with Gasteiger partial charge in [-0.1, -0.05) is 24.3 Å². The Kier molecular flexibility index (Phi) is 4.44. The zero-order chi connectivity index (χ0) is 6.57. The van der Waals surface area contributed by atoms with Crippen molar-refractivity contribution < 1.29 is 0 Å². The number of halogens is 3. The zero-order valence-electron chi connectivity index (χ0n) is 4.07. The van der Waals surface area contributed by atoms with Gasteiger partial charge in [0.05, 0.1) is 0 Å². The SMILES string of the molecule is C=C/C(Cl)=C\C(Cl)Cl. The molecule has 3 heteroatoms. The summed E-state index contributed by atoms with van der Waals surface area (Å²) in [4.78, 5) is -0.541. The van der Waals surface area contributed by atoms with Crippen molar-refractivity contribution in [1.82, 2.24) is 0 Å². The molecule has 0 amide bonds. The van der Waals surface area contributed by atoms with Gasteiger partial charge in [0.2, 0.25) is 0 Å². The highest BCUT2D eigenvalue weighted by Crippen LogP contribution is 2.10. The van der Waals surface area contributed by atoms with Crippen molar-refractivity contribution in [3.63, 3.8) is 0 Å². The van der Waals surface area contributed by atoms with Crippen LogP contribution in [0, 0.1) is 0 Å². The molecule has 0 fully saturated rings. The van der Waals surface area contributed by atoms with Crippen molar-refractivity contribution in [3.8, 4) is 0 Å². The molecule has 0 atom stereocenters. The average molecular weight is 171 g/mol. The van der Waals surface area contributed by atoms with Crippen LogP contribution in [0.5, 0.6) is 0 Å². The molecule has 0 rings (SSSR count). The van der Waals surface area contributed by atoms with E-state index >= 15 is 0 Å². The fourth-order valence-corrected chi connectivity index (χ4v) is 0.715. The molecular weight excluding hydrogens is 166 g/mol. The van der Waals surface area contributed by atoms with Gasteiger partial charge < -0.3 is 0 Å². The predicted octanol–water partition coefficient (Wildman–Crippen LogP) is 3.10. The van der Waals surface area contributed by atoms with Gasteiger partial charge in [0.15, 0.2) is 0 Å². The lowest BCUT2D eigenvalue weighted by Gasteiger charge is -1.88. The van der Waals surface area contributed by atoms with Crippen molar-refractivity contribution >= 4 is 34.8 Å². The Morgan fingerprint density at radius 3 is 2.12 bits per heavy atom. The fraction of sp³-hybridized carbons (Fsp3) is 0.200. The maximum atomic E-state index is 5.43. The van der Waals surface area contributed by atoms with Gasteiger partial charge >= 0.3 is 0 Å². The van der Waals surface area contributed by atoms with Gasteiger partial charge in [0.25, 0.3) is 0 Å². The van der Waals surface area contributed by atoms with Crippen LogP contribution in [0.4, 0.5) is 0 Å². The summed E-state index contributed by atoms with van der Waals surface area (Å²) in [6.45, 7) is 3.40. The molecule has 0 aliphatic rings. The number of hydrogen-bond acceptors (Lipinski definition) is 0. The summed E-state index contributed by atoms with van der Waals surface area (Å²) in [6, 6.07) is 0. The summed E-state index contributed by atoms with van der Waals surface area (Å²) in [6.07, 6.45) is 2.96. The van der Waals surface area contributed by atoms with Gasteiger partial charge in [0.1, 0.15) is 4.84 Å². The van der Waals surface area contributed by atoms with Gasteiger partial charge in [-0.15, -0.1) is 23.2 Å². The largest absolute Gasteiger partial charge is 0.127 e. The molecule has 46 valence electrons. The standard InChI is InChI=1S/C5H5Cl3/c1-2-4(6)3-5(7)8/h2-3,5H,1H2/b4-3+. The highest BCUT2D eigenvalue weighted by Gasteiger charge is 1.91. The van der Waals surface area contributed by atoms with Gasteiger partial charge in [-0.25, -0.2) is 0 Å². The lowest BCUT2D eigenvalue weighted by Crippen LogP contribution is -1.76. The normalized spacial score (nSPS) is 12.2. The summed E-state index contributed by atoms with van der Waals surface area (Å²) < 4.78 is 0. The Bertz CT molecular complexity index is 104. The van der Waals surface area contributed by atoms with Crippen molar-refractivity contribution in [2.24, 2.45) is 0 Å². The zero-order valence-corrected chi connectivity index (χ0v) is 6.34. The summed E-state index contributed by atoms with van der Waals surface area (Å²) in [5, 5.41) is 0.472. The number of rotatable bonds is 2. The molecular formula is C5H5Cl3. The molecule has 0 bridgehead atoms. The minimum absolute atomic E-state index is 0.472. The third-order valence-corrected chi connectivity index (χ3v) is 1.01. The molecule has 0 aromatic rings. The van der Waals surface area contributed by atoms with Gasteiger partial charge in [-0.2, -0.15) is 0 Å². The molecule has 0 aromatic heterocycles. The highest BCUT2D eigenvalue weighted by molar-refractivity contribution is 6.46. The monoisotopic (exact) mass is 170 g/mol. The Hall–Kier alpha value is 0.350. The number of allylic oxidation sites excluding steroid dienone is 3. The molecule has 0 aliphatic heterocycles. The first-order chi connectivity index (χ1) is 3.66. The average Bonchev–Trinajstić information content (AvgIpc) is 1.65. The Morgan fingerprint density at radius 1 is 1.50 bits per heavy atom. The summed E-state index contributed by atoms with van der Waals surface area (Å²) >= 11 is 16.1. The molecule has 0 heterocycles. The van der Waals surface area contributed by atoms with Gasteiger partial charge in [-0.05, 0) is 6.08 Å². The van der Waals surface area contributed by atoms with Crippen LogP contribution in [0.1, 0.15) is 0 Å². The molecule has 0 aromatic carbocycles. The Morgan fingerprint density at radius 2 is 2.00 bits per heavy atom. The van der Waals surface area contributed by atoms with E-state index in [1.54, 1.807) is 0 Å². The van der Waals surface area contributed by atoms with Crippen molar-refractivity contribution in [1.29, 1.82) is 0 Å². The Balaban J connectivity index is 3.74. The van der Waals surface area contributed by atoms with Crippen LogP contribution in [-0.4, -0.2) is 4.84 Å². The van der Waals surface area contributed by atoms with E-state index in [1.165, 1.54) is 12.2 Å². The first-order valence-electron chi connectivity index (χ1n) is 1.94. The summed E-state index contributed by atoms with van der Waals surface area (Å²) in [5.41, 5.74) is 0. The quantitative estimate of drug-likeness (QED) is 0.442. The second-order valence-electron chi connectivity index (χ2n) is 1.09. The minimum Gasteiger partial charge on any atom is -0.101 e. The molecule has 0 unspecified atom stereocenters. The third kappa shape index (κ3) is 4.51. The van der Waals surface area contributed by atoms with Crippen LogP contribution in [0.25, 0.3) is 0 Å². The van der Waals surface area contributed by atoms with Gasteiger partial charge in [0, 0.05) is 5.03 Å². The molecule has 8 heavy (non-hydrogen) atoms. The van der Waals surface area contributed by atoms with E-state index in [0.717, 1.165) is 0 Å². The molecule has 0 saturated heterocycles. The molecule has 0 spiro atoms. The first kappa shape index (κ1) is 8.35. The van der Waals surface area contributed by atoms with E-state index in [4.69, 9.17) is 34.8 Å². The second kappa shape index (κ2) is 4.25. The molecule has 0 saturated carbocycles. The van der Waals surface area contributed by atoms with Crippen LogP contribution in [-0.2, 0) is 0 Å². The third-order valence-electron chi connectivity index (χ3n) is 0.480. The lowest BCUT2D eigenvalue weighted by atomic mass is 10.5. The fourth-order valence-electron chi connectivity index (χ4n) is 0.188. The van der Waals surface area contributed by atoms with Crippen LogP contribution >= 0.6 is 34.8 Å². The Labute approximate surface area is 63.7 Å². The predicted molar refractivity (Wildman–Crippen MR) is 39.6 cm³/mol. The highest BCUT2D eigenvalue weighted by atomic mass is 35.5. The van der Waals surface area contributed by atoms with E-state index in [0.29, 0.717) is 5.03 Å². The second-order valence-corrected chi connectivity index (χ2v) is 2.69. The molecule has 0 aliphatic carbocycles. The van der Waals surface area contributed by atoms with Crippen LogP contribution in [0.15, 0.2) is 23.8 Å². The number of hydrogen-bond donors (Lipinski definition) is 0. The minimum atomic E-state index is -0.541. The van der Waals surface area contributed by atoms with E-state index < -0.39 is 4.84 Å². The van der Waals surface area contributed by atoms with Crippen molar-refractivity contribution in [2.75, 3.05) is 0 Å². The maximum Gasteiger partial charge on any atom is 0.127 e.